The number of fused-ring (bicyclic) bond motifs is 1. The predicted octanol–water partition coefficient (Wildman–Crippen LogP) is 5.11. The molecule has 5 nitrogen and oxygen atoms in total. The topological polar surface area (TPSA) is 68.3 Å². The van der Waals surface area contributed by atoms with E-state index < -0.39 is 23.1 Å². The molecule has 0 aliphatic heterocycles. The Morgan fingerprint density at radius 3 is 2.59 bits per heavy atom. The Hall–Kier alpha value is -1.92. The summed E-state index contributed by atoms with van der Waals surface area (Å²) in [5.41, 5.74) is -3.20. The van der Waals surface area contributed by atoms with Crippen LogP contribution in [-0.2, 0) is 12.1 Å². The number of nitro benzene ring substituents is 1. The number of alkyl halides is 3. The van der Waals surface area contributed by atoms with Crippen molar-refractivity contribution in [3.8, 4) is 0 Å². The number of benzene rings is 1. The molecule has 0 saturated carbocycles. The lowest BCUT2D eigenvalue weighted by molar-refractivity contribution is -0.384. The minimum Gasteiger partial charge on any atom is -0.376 e. The molecule has 0 aliphatic rings. The molecule has 1 aromatic carbocycles. The van der Waals surface area contributed by atoms with Crippen molar-refractivity contribution < 1.29 is 23.2 Å². The number of hydrogen-bond donors (Lipinski definition) is 1. The second-order valence-electron chi connectivity index (χ2n) is 6.72. The molecule has 2 atom stereocenters. The zero-order chi connectivity index (χ0) is 20.4. The highest BCUT2D eigenvalue weighted by molar-refractivity contribution is 7.36. The minimum atomic E-state index is -4.87. The number of aliphatic hydroxyl groups is 1. The van der Waals surface area contributed by atoms with Gasteiger partial charge in [-0.05, 0) is 18.4 Å². The largest absolute Gasteiger partial charge is 0.421 e. The number of halogens is 3. The molecule has 2 unspecified atom stereocenters. The van der Waals surface area contributed by atoms with Gasteiger partial charge in [0.1, 0.15) is 0 Å². The fourth-order valence-corrected chi connectivity index (χ4v) is 3.47. The van der Waals surface area contributed by atoms with Crippen LogP contribution in [-0.4, -0.2) is 33.2 Å². The Morgan fingerprint density at radius 2 is 2.07 bits per heavy atom. The van der Waals surface area contributed by atoms with E-state index in [4.69, 9.17) is 0 Å². The van der Waals surface area contributed by atoms with Crippen LogP contribution in [0.3, 0.4) is 0 Å². The third-order valence-corrected chi connectivity index (χ3v) is 5.35. The molecule has 27 heavy (non-hydrogen) atoms. The lowest BCUT2D eigenvalue weighted by Gasteiger charge is -2.32. The molecule has 1 heterocycles. The van der Waals surface area contributed by atoms with Crippen molar-refractivity contribution in [2.75, 3.05) is 6.16 Å². The molecule has 2 rings (SSSR count). The molecule has 0 amide bonds. The van der Waals surface area contributed by atoms with Gasteiger partial charge in [-0.1, -0.05) is 26.6 Å². The number of aryl methyl sites for hydroxylation is 1. The average Bonchev–Trinajstić information content (AvgIpc) is 2.97. The van der Waals surface area contributed by atoms with Crippen molar-refractivity contribution in [2.24, 2.45) is 5.92 Å². The van der Waals surface area contributed by atoms with Crippen LogP contribution in [0.4, 0.5) is 18.9 Å². The molecule has 1 aromatic heterocycles. The summed E-state index contributed by atoms with van der Waals surface area (Å²) < 4.78 is 43.2. The summed E-state index contributed by atoms with van der Waals surface area (Å²) in [7, 11) is 0.801. The Bertz CT molecular complexity index is 850. The van der Waals surface area contributed by atoms with Crippen LogP contribution >= 0.6 is 8.20 Å². The van der Waals surface area contributed by atoms with Crippen LogP contribution in [0.25, 0.3) is 10.9 Å². The van der Waals surface area contributed by atoms with Crippen molar-refractivity contribution in [1.29, 1.82) is 0 Å². The minimum absolute atomic E-state index is 0.171. The van der Waals surface area contributed by atoms with Gasteiger partial charge < -0.3 is 9.67 Å². The van der Waals surface area contributed by atoms with Gasteiger partial charge in [0.25, 0.3) is 5.69 Å². The Balaban J connectivity index is 2.74. The first kappa shape index (κ1) is 21.4. The van der Waals surface area contributed by atoms with Crippen molar-refractivity contribution >= 4 is 31.1 Å². The molecule has 0 saturated heterocycles. The average molecular weight is 402 g/mol. The van der Waals surface area contributed by atoms with Gasteiger partial charge in [-0.25, -0.2) is 0 Å². The Labute approximate surface area is 156 Å². The van der Waals surface area contributed by atoms with Crippen molar-refractivity contribution in [2.45, 2.75) is 45.0 Å². The molecule has 2 aromatic rings. The lowest BCUT2D eigenvalue weighted by Crippen LogP contribution is -2.43. The van der Waals surface area contributed by atoms with E-state index >= 15 is 0 Å². The second-order valence-corrected chi connectivity index (χ2v) is 7.61. The Morgan fingerprint density at radius 1 is 1.41 bits per heavy atom. The number of hydrogen-bond acceptors (Lipinski definition) is 3. The summed E-state index contributed by atoms with van der Waals surface area (Å²) in [4.78, 5) is 10.5. The molecule has 0 fully saturated rings. The van der Waals surface area contributed by atoms with Gasteiger partial charge in [-0.15, -0.1) is 8.20 Å². The van der Waals surface area contributed by atoms with E-state index in [2.05, 4.69) is 6.30 Å². The van der Waals surface area contributed by atoms with E-state index in [9.17, 15) is 28.4 Å². The van der Waals surface area contributed by atoms with Gasteiger partial charge in [0.05, 0.1) is 10.4 Å². The maximum absolute atomic E-state index is 13.9. The molecule has 0 spiro atoms. The van der Waals surface area contributed by atoms with E-state index in [1.54, 1.807) is 13.8 Å². The maximum Gasteiger partial charge on any atom is 0.421 e. The fraction of sp³-hybridized carbons (Fsp3) is 0.500. The highest BCUT2D eigenvalue weighted by Crippen LogP contribution is 2.47. The van der Waals surface area contributed by atoms with Crippen LogP contribution in [0.2, 0.25) is 0 Å². The van der Waals surface area contributed by atoms with Crippen LogP contribution in [0.1, 0.15) is 32.3 Å². The summed E-state index contributed by atoms with van der Waals surface area (Å²) >= 11 is 0. The zero-order valence-corrected chi connectivity index (χ0v) is 16.1. The Kier molecular flexibility index (Phi) is 6.32. The normalized spacial score (nSPS) is 15.8. The molecule has 148 valence electrons. The first-order chi connectivity index (χ1) is 12.5. The number of nitrogens with zero attached hydrogens (tertiary/aromatic N) is 2. The van der Waals surface area contributed by atoms with Crippen LogP contribution in [0.5, 0.6) is 0 Å². The first-order valence-corrected chi connectivity index (χ1v) is 9.81. The maximum atomic E-state index is 13.9. The summed E-state index contributed by atoms with van der Waals surface area (Å²) in [5, 5.41) is 22.0. The molecular formula is C18H22F3N2O3P. The van der Waals surface area contributed by atoms with E-state index in [1.165, 1.54) is 22.9 Å². The molecule has 0 bridgehead atoms. The van der Waals surface area contributed by atoms with E-state index in [-0.39, 0.29) is 22.6 Å². The molecule has 1 N–H and O–H groups in total. The van der Waals surface area contributed by atoms with Gasteiger partial charge in [0, 0.05) is 42.0 Å². The van der Waals surface area contributed by atoms with Crippen molar-refractivity contribution in [3.63, 3.8) is 0 Å². The number of non-ortho nitro benzene ring substituents is 1. The second kappa shape index (κ2) is 7.98. The lowest BCUT2D eigenvalue weighted by atomic mass is 9.83. The fourth-order valence-electron chi connectivity index (χ4n) is 3.11. The summed E-state index contributed by atoms with van der Waals surface area (Å²) in [6, 6.07) is 3.70. The van der Waals surface area contributed by atoms with Crippen molar-refractivity contribution in [1.82, 2.24) is 4.57 Å². The van der Waals surface area contributed by atoms with Crippen LogP contribution < -0.4 is 0 Å². The molecular weight excluding hydrogens is 380 g/mol. The van der Waals surface area contributed by atoms with E-state index in [0.717, 1.165) is 14.3 Å². The summed E-state index contributed by atoms with van der Waals surface area (Å²) in [6.07, 6.45) is 0.678. The van der Waals surface area contributed by atoms with E-state index in [1.807, 2.05) is 0 Å². The third-order valence-electron chi connectivity index (χ3n) is 4.83. The van der Waals surface area contributed by atoms with E-state index in [0.29, 0.717) is 24.6 Å². The van der Waals surface area contributed by atoms with Crippen LogP contribution in [0.15, 0.2) is 24.4 Å². The highest BCUT2D eigenvalue weighted by atomic mass is 31.1. The predicted molar refractivity (Wildman–Crippen MR) is 102 cm³/mol. The number of aromatic nitrogens is 1. The van der Waals surface area contributed by atoms with Gasteiger partial charge in [0.15, 0.2) is 5.60 Å². The van der Waals surface area contributed by atoms with Crippen molar-refractivity contribution in [3.05, 3.63) is 40.1 Å². The van der Waals surface area contributed by atoms with Gasteiger partial charge in [-0.2, -0.15) is 13.2 Å². The standard InChI is InChI=1S/C18H22F3N2O3P/c1-4-12(2)10-17(24,18(19,20)21)15-11-22(7-8-27-3)16-9-13(23(25)26)5-6-14(15)16/h5-6,9,11-12,24H,3-4,7-8,10H2,1-2H3. The van der Waals surface area contributed by atoms with Gasteiger partial charge >= 0.3 is 6.18 Å². The highest BCUT2D eigenvalue weighted by Gasteiger charge is 2.56. The first-order valence-electron chi connectivity index (χ1n) is 8.54. The summed E-state index contributed by atoms with van der Waals surface area (Å²) in [5.74, 6) is -0.355. The zero-order valence-electron chi connectivity index (χ0n) is 15.2. The van der Waals surface area contributed by atoms with Crippen LogP contribution in [0, 0.1) is 16.0 Å². The monoisotopic (exact) mass is 402 g/mol. The van der Waals surface area contributed by atoms with Gasteiger partial charge in [-0.3, -0.25) is 10.1 Å². The molecule has 0 aliphatic carbocycles. The number of nitro groups is 1. The smallest absolute Gasteiger partial charge is 0.376 e. The molecule has 0 radical (unpaired) electrons. The molecule has 9 heteroatoms. The SMILES string of the molecule is C=PCCn1cc(C(O)(CC(C)CC)C(F)(F)F)c2ccc([N+](=O)[O-])cc21. The third kappa shape index (κ3) is 4.17. The quantitative estimate of drug-likeness (QED) is 0.379. The van der Waals surface area contributed by atoms with Gasteiger partial charge in [0.2, 0.25) is 0 Å². The summed E-state index contributed by atoms with van der Waals surface area (Å²) in [6.45, 7) is 3.77. The number of rotatable bonds is 8.